The Kier molecular flexibility index (Phi) is 6.71. The molecule has 4 heteroatoms. The molecule has 2 aromatic rings. The Morgan fingerprint density at radius 1 is 1.12 bits per heavy atom. The van der Waals surface area contributed by atoms with Crippen LogP contribution in [0, 0.1) is 18.7 Å². The van der Waals surface area contributed by atoms with Gasteiger partial charge in [0.05, 0.1) is 6.54 Å². The maximum atomic E-state index is 13.1. The van der Waals surface area contributed by atoms with Gasteiger partial charge in [0.2, 0.25) is 5.91 Å². The Bertz CT molecular complexity index is 710. The van der Waals surface area contributed by atoms with Crippen LogP contribution in [0.4, 0.5) is 10.1 Å². The lowest BCUT2D eigenvalue weighted by Gasteiger charge is -2.23. The molecule has 0 unspecified atom stereocenters. The average molecular weight is 342 g/mol. The zero-order chi connectivity index (χ0) is 18.4. The van der Waals surface area contributed by atoms with Gasteiger partial charge < -0.3 is 10.6 Å². The van der Waals surface area contributed by atoms with Crippen LogP contribution in [0.3, 0.4) is 0 Å². The lowest BCUT2D eigenvalue weighted by Crippen LogP contribution is -2.34. The average Bonchev–Trinajstić information content (AvgIpc) is 2.58. The number of aryl methyl sites for hydroxylation is 2. The summed E-state index contributed by atoms with van der Waals surface area (Å²) in [5.74, 6) is -0.0460. The van der Waals surface area contributed by atoms with Crippen molar-refractivity contribution in [1.82, 2.24) is 5.32 Å². The van der Waals surface area contributed by atoms with Gasteiger partial charge in [-0.15, -0.1) is 0 Å². The van der Waals surface area contributed by atoms with Crippen LogP contribution in [-0.4, -0.2) is 12.5 Å². The zero-order valence-corrected chi connectivity index (χ0v) is 15.4. The number of anilines is 1. The maximum Gasteiger partial charge on any atom is 0.238 e. The van der Waals surface area contributed by atoms with Gasteiger partial charge in [-0.1, -0.05) is 51.1 Å². The third kappa shape index (κ3) is 5.13. The first kappa shape index (κ1) is 19.1. The van der Waals surface area contributed by atoms with Crippen molar-refractivity contribution in [3.63, 3.8) is 0 Å². The van der Waals surface area contributed by atoms with E-state index in [0.29, 0.717) is 0 Å². The fourth-order valence-electron chi connectivity index (χ4n) is 3.00. The topological polar surface area (TPSA) is 41.1 Å². The summed E-state index contributed by atoms with van der Waals surface area (Å²) >= 11 is 0. The molecule has 3 nitrogen and oxygen atoms in total. The molecule has 0 fully saturated rings. The number of benzene rings is 2. The molecule has 2 rings (SSSR count). The van der Waals surface area contributed by atoms with E-state index >= 15 is 0 Å². The van der Waals surface area contributed by atoms with E-state index < -0.39 is 0 Å². The summed E-state index contributed by atoms with van der Waals surface area (Å²) in [5, 5.41) is 6.32. The number of para-hydroxylation sites is 1. The molecule has 0 radical (unpaired) electrons. The molecule has 134 valence electrons. The minimum atomic E-state index is -0.254. The van der Waals surface area contributed by atoms with Gasteiger partial charge in [-0.05, 0) is 48.1 Å². The molecule has 0 aromatic heterocycles. The lowest BCUT2D eigenvalue weighted by atomic mass is 9.96. The highest BCUT2D eigenvalue weighted by atomic mass is 19.1. The van der Waals surface area contributed by atoms with Crippen molar-refractivity contribution in [2.75, 3.05) is 11.9 Å². The predicted octanol–water partition coefficient (Wildman–Crippen LogP) is 4.62. The number of rotatable bonds is 7. The molecule has 2 aromatic carbocycles. The van der Waals surface area contributed by atoms with Crippen LogP contribution in [0.25, 0.3) is 0 Å². The van der Waals surface area contributed by atoms with Crippen LogP contribution in [0.2, 0.25) is 0 Å². The van der Waals surface area contributed by atoms with Crippen molar-refractivity contribution in [1.29, 1.82) is 0 Å². The minimum absolute atomic E-state index is 0.00568. The summed E-state index contributed by atoms with van der Waals surface area (Å²) in [6.07, 6.45) is 0.870. The molecule has 0 saturated heterocycles. The number of carbonyl (C=O) groups is 1. The predicted molar refractivity (Wildman–Crippen MR) is 101 cm³/mol. The fraction of sp³-hybridized carbons (Fsp3) is 0.381. The van der Waals surface area contributed by atoms with Crippen molar-refractivity contribution in [2.24, 2.45) is 5.92 Å². The number of hydrogen-bond donors (Lipinski definition) is 2. The molecular weight excluding hydrogens is 315 g/mol. The molecule has 0 spiro atoms. The molecule has 2 N–H and O–H groups in total. The summed E-state index contributed by atoms with van der Waals surface area (Å²) in [6, 6.07) is 12.5. The van der Waals surface area contributed by atoms with Crippen LogP contribution < -0.4 is 10.6 Å². The van der Waals surface area contributed by atoms with Crippen LogP contribution in [0.1, 0.15) is 43.5 Å². The second-order valence-electron chi connectivity index (χ2n) is 6.66. The van der Waals surface area contributed by atoms with Crippen LogP contribution >= 0.6 is 0 Å². The van der Waals surface area contributed by atoms with E-state index in [9.17, 15) is 9.18 Å². The molecule has 0 aliphatic heterocycles. The minimum Gasteiger partial charge on any atom is -0.324 e. The molecule has 0 aliphatic rings. The highest BCUT2D eigenvalue weighted by Gasteiger charge is 2.17. The second kappa shape index (κ2) is 8.77. The van der Waals surface area contributed by atoms with E-state index in [1.165, 1.54) is 12.1 Å². The van der Waals surface area contributed by atoms with Crippen LogP contribution in [0.15, 0.2) is 42.5 Å². The number of carbonyl (C=O) groups excluding carboxylic acids is 1. The summed E-state index contributed by atoms with van der Waals surface area (Å²) in [4.78, 5) is 12.4. The fourth-order valence-corrected chi connectivity index (χ4v) is 3.00. The normalized spacial score (nSPS) is 12.2. The summed E-state index contributed by atoms with van der Waals surface area (Å²) in [6.45, 7) is 8.44. The SMILES string of the molecule is CCc1cccc(C)c1NC(=O)CN[C@H](c1ccc(F)cc1)C(C)C. The number of nitrogens with one attached hydrogen (secondary N) is 2. The smallest absolute Gasteiger partial charge is 0.238 e. The van der Waals surface area contributed by atoms with E-state index in [1.54, 1.807) is 12.1 Å². The van der Waals surface area contributed by atoms with Gasteiger partial charge in [0.25, 0.3) is 0 Å². The summed E-state index contributed by atoms with van der Waals surface area (Å²) in [5.41, 5.74) is 4.08. The molecule has 1 atom stereocenters. The molecule has 0 heterocycles. The van der Waals surface area contributed by atoms with Crippen molar-refractivity contribution < 1.29 is 9.18 Å². The Hall–Kier alpha value is -2.20. The first-order valence-electron chi connectivity index (χ1n) is 8.79. The third-order valence-corrected chi connectivity index (χ3v) is 4.38. The third-order valence-electron chi connectivity index (χ3n) is 4.38. The van der Waals surface area contributed by atoms with Gasteiger partial charge in [0.1, 0.15) is 5.82 Å². The molecule has 1 amide bonds. The lowest BCUT2D eigenvalue weighted by molar-refractivity contribution is -0.115. The molecule has 0 saturated carbocycles. The van der Waals surface area contributed by atoms with Crippen molar-refractivity contribution >= 4 is 11.6 Å². The van der Waals surface area contributed by atoms with E-state index in [0.717, 1.165) is 28.8 Å². The number of hydrogen-bond acceptors (Lipinski definition) is 2. The van der Waals surface area contributed by atoms with E-state index in [4.69, 9.17) is 0 Å². The monoisotopic (exact) mass is 342 g/mol. The Morgan fingerprint density at radius 2 is 1.80 bits per heavy atom. The molecule has 0 aliphatic carbocycles. The Labute approximate surface area is 149 Å². The van der Waals surface area contributed by atoms with E-state index in [2.05, 4.69) is 31.4 Å². The van der Waals surface area contributed by atoms with Gasteiger partial charge in [-0.25, -0.2) is 4.39 Å². The quantitative estimate of drug-likeness (QED) is 0.771. The van der Waals surface area contributed by atoms with Crippen LogP contribution in [0.5, 0.6) is 0 Å². The highest BCUT2D eigenvalue weighted by molar-refractivity contribution is 5.93. The molecule has 25 heavy (non-hydrogen) atoms. The first-order chi connectivity index (χ1) is 11.9. The highest BCUT2D eigenvalue weighted by Crippen LogP contribution is 2.23. The van der Waals surface area contributed by atoms with Gasteiger partial charge in [0, 0.05) is 11.7 Å². The molecule has 0 bridgehead atoms. The van der Waals surface area contributed by atoms with Gasteiger partial charge in [0.15, 0.2) is 0 Å². The number of amides is 1. The first-order valence-corrected chi connectivity index (χ1v) is 8.79. The van der Waals surface area contributed by atoms with Crippen molar-refractivity contribution in [2.45, 2.75) is 40.2 Å². The molecular formula is C21H27FN2O. The Balaban J connectivity index is 2.03. The largest absolute Gasteiger partial charge is 0.324 e. The zero-order valence-electron chi connectivity index (χ0n) is 15.4. The summed E-state index contributed by atoms with van der Waals surface area (Å²) < 4.78 is 13.1. The number of halogens is 1. The van der Waals surface area contributed by atoms with E-state index in [1.807, 2.05) is 25.1 Å². The van der Waals surface area contributed by atoms with Gasteiger partial charge in [-0.3, -0.25) is 4.79 Å². The van der Waals surface area contributed by atoms with Crippen LogP contribution in [-0.2, 0) is 11.2 Å². The van der Waals surface area contributed by atoms with E-state index in [-0.39, 0.29) is 30.2 Å². The van der Waals surface area contributed by atoms with Crippen molar-refractivity contribution in [3.8, 4) is 0 Å². The van der Waals surface area contributed by atoms with Gasteiger partial charge >= 0.3 is 0 Å². The van der Waals surface area contributed by atoms with Gasteiger partial charge in [-0.2, -0.15) is 0 Å². The van der Waals surface area contributed by atoms with Crippen molar-refractivity contribution in [3.05, 3.63) is 65.0 Å². The second-order valence-corrected chi connectivity index (χ2v) is 6.66. The Morgan fingerprint density at radius 3 is 2.40 bits per heavy atom. The summed E-state index contributed by atoms with van der Waals surface area (Å²) in [7, 11) is 0. The standard InChI is InChI=1S/C21H27FN2O/c1-5-16-8-6-7-15(4)21(16)24-19(25)13-23-20(14(2)3)17-9-11-18(22)12-10-17/h6-12,14,20,23H,5,13H2,1-4H3,(H,24,25)/t20-/m0/s1. The maximum absolute atomic E-state index is 13.1.